The number of carbonyl (C=O) groups excluding carboxylic acids is 1. The zero-order valence-electron chi connectivity index (χ0n) is 19.2. The molecular formula is C25H25ClN2O6. The van der Waals surface area contributed by atoms with E-state index in [0.29, 0.717) is 28.5 Å². The number of hydrogen-bond acceptors (Lipinski definition) is 8. The first kappa shape index (κ1) is 25.0. The Morgan fingerprint density at radius 3 is 2.47 bits per heavy atom. The molecule has 0 fully saturated rings. The highest BCUT2D eigenvalue weighted by molar-refractivity contribution is 6.33. The van der Waals surface area contributed by atoms with Crippen LogP contribution in [0.1, 0.15) is 42.3 Å². The molecule has 0 amide bonds. The molecule has 3 aromatic carbocycles. The molecule has 0 radical (unpaired) electrons. The fraction of sp³-hybridized carbons (Fsp3) is 0.240. The van der Waals surface area contributed by atoms with E-state index >= 15 is 0 Å². The van der Waals surface area contributed by atoms with Crippen molar-refractivity contribution in [3.05, 3.63) is 75.2 Å². The van der Waals surface area contributed by atoms with Gasteiger partial charge in [0.2, 0.25) is 0 Å². The number of anilines is 1. The normalized spacial score (nSPS) is 11.5. The fourth-order valence-corrected chi connectivity index (χ4v) is 3.90. The minimum atomic E-state index is -0.808. The van der Waals surface area contributed by atoms with Crippen LogP contribution in [0.25, 0.3) is 10.8 Å². The summed E-state index contributed by atoms with van der Waals surface area (Å²) in [6, 6.07) is 11.2. The van der Waals surface area contributed by atoms with Crippen LogP contribution in [0.3, 0.4) is 0 Å². The minimum absolute atomic E-state index is 0.0735. The van der Waals surface area contributed by atoms with Crippen LogP contribution in [0.5, 0.6) is 11.5 Å². The van der Waals surface area contributed by atoms with Crippen LogP contribution in [-0.4, -0.2) is 25.4 Å². The van der Waals surface area contributed by atoms with E-state index in [1.807, 2.05) is 19.9 Å². The Morgan fingerprint density at radius 2 is 1.88 bits per heavy atom. The molecule has 0 spiro atoms. The van der Waals surface area contributed by atoms with E-state index in [4.69, 9.17) is 25.8 Å². The first-order valence-corrected chi connectivity index (χ1v) is 10.8. The second kappa shape index (κ2) is 11.0. The Morgan fingerprint density at radius 1 is 1.15 bits per heavy atom. The van der Waals surface area contributed by atoms with Gasteiger partial charge in [-0.15, -0.1) is 4.91 Å². The third-order valence-corrected chi connectivity index (χ3v) is 5.61. The van der Waals surface area contributed by atoms with Crippen molar-refractivity contribution in [3.63, 3.8) is 0 Å². The van der Waals surface area contributed by atoms with Crippen LogP contribution in [0, 0.1) is 4.91 Å². The lowest BCUT2D eigenvalue weighted by molar-refractivity contribution is 0.0298. The van der Waals surface area contributed by atoms with E-state index in [-0.39, 0.29) is 27.7 Å². The van der Waals surface area contributed by atoms with Crippen molar-refractivity contribution in [2.45, 2.75) is 26.4 Å². The Kier molecular flexibility index (Phi) is 8.09. The highest BCUT2D eigenvalue weighted by atomic mass is 35.5. The van der Waals surface area contributed by atoms with E-state index in [1.165, 1.54) is 26.4 Å². The smallest absolute Gasteiger partial charge is 0.340 e. The van der Waals surface area contributed by atoms with E-state index in [2.05, 4.69) is 10.7 Å². The lowest BCUT2D eigenvalue weighted by Crippen LogP contribution is -2.13. The van der Waals surface area contributed by atoms with Crippen molar-refractivity contribution in [2.75, 3.05) is 19.7 Å². The number of esters is 1. The SMILES string of the molecule is COc1cc([C@@H](CC=C(C)C)OC(=O)c2ccccc2Cl)c(OC)c2c(N=O)ccc(NO)c12. The Balaban J connectivity index is 2.27. The molecule has 178 valence electrons. The van der Waals surface area contributed by atoms with Gasteiger partial charge in [-0.2, -0.15) is 0 Å². The molecule has 0 saturated carbocycles. The third kappa shape index (κ3) is 4.98. The molecule has 0 unspecified atom stereocenters. The van der Waals surface area contributed by atoms with Gasteiger partial charge in [-0.3, -0.25) is 10.7 Å². The van der Waals surface area contributed by atoms with Gasteiger partial charge >= 0.3 is 5.97 Å². The number of methoxy groups -OCH3 is 2. The zero-order chi connectivity index (χ0) is 24.8. The van der Waals surface area contributed by atoms with Crippen molar-refractivity contribution >= 4 is 39.7 Å². The Hall–Kier alpha value is -3.62. The predicted molar refractivity (Wildman–Crippen MR) is 132 cm³/mol. The van der Waals surface area contributed by atoms with Gasteiger partial charge in [-0.25, -0.2) is 4.79 Å². The first-order chi connectivity index (χ1) is 16.4. The molecular weight excluding hydrogens is 460 g/mol. The van der Waals surface area contributed by atoms with Crippen LogP contribution in [0.2, 0.25) is 5.02 Å². The number of nitroso groups, excluding NO2 is 1. The summed E-state index contributed by atoms with van der Waals surface area (Å²) in [6.45, 7) is 3.86. The van der Waals surface area contributed by atoms with Crippen LogP contribution in [0.4, 0.5) is 11.4 Å². The zero-order valence-corrected chi connectivity index (χ0v) is 20.0. The topological polar surface area (TPSA) is 106 Å². The summed E-state index contributed by atoms with van der Waals surface area (Å²) >= 11 is 6.20. The second-order valence-electron chi connectivity index (χ2n) is 7.68. The van der Waals surface area contributed by atoms with Gasteiger partial charge in [-0.1, -0.05) is 35.4 Å². The van der Waals surface area contributed by atoms with Gasteiger partial charge in [-0.05, 0) is 49.4 Å². The maximum Gasteiger partial charge on any atom is 0.340 e. The Bertz CT molecular complexity index is 1250. The van der Waals surface area contributed by atoms with Crippen molar-refractivity contribution in [3.8, 4) is 11.5 Å². The van der Waals surface area contributed by atoms with E-state index < -0.39 is 12.1 Å². The average molecular weight is 485 g/mol. The van der Waals surface area contributed by atoms with Crippen molar-refractivity contribution in [2.24, 2.45) is 5.18 Å². The molecule has 0 heterocycles. The highest BCUT2D eigenvalue weighted by Crippen LogP contribution is 2.48. The summed E-state index contributed by atoms with van der Waals surface area (Å²) in [6.07, 6.45) is 1.44. The molecule has 0 bridgehead atoms. The maximum absolute atomic E-state index is 13.0. The summed E-state index contributed by atoms with van der Waals surface area (Å²) in [5, 5.41) is 13.7. The molecule has 0 aliphatic rings. The van der Waals surface area contributed by atoms with Crippen LogP contribution >= 0.6 is 11.6 Å². The van der Waals surface area contributed by atoms with Gasteiger partial charge in [0.25, 0.3) is 0 Å². The predicted octanol–water partition coefficient (Wildman–Crippen LogP) is 6.96. The standard InChI is InChI=1S/C25H25ClN2O6/c1-14(2)9-12-20(34-25(29)15-7-5-6-8-17(15)26)16-13-21(32-3)22-18(27-30)10-11-19(28-31)23(22)24(16)33-4/h5-11,13,20,27,30H,12H2,1-4H3/t20-/m1/s1. The molecule has 3 rings (SSSR count). The number of hydrogen-bond donors (Lipinski definition) is 2. The summed E-state index contributed by atoms with van der Waals surface area (Å²) in [4.78, 5) is 24.7. The molecule has 0 aliphatic heterocycles. The number of allylic oxidation sites excluding steroid dienone is 1. The van der Waals surface area contributed by atoms with Gasteiger partial charge in [0.05, 0.1) is 41.3 Å². The minimum Gasteiger partial charge on any atom is -0.496 e. The van der Waals surface area contributed by atoms with E-state index in [9.17, 15) is 14.9 Å². The number of benzene rings is 3. The fourth-order valence-electron chi connectivity index (χ4n) is 3.69. The van der Waals surface area contributed by atoms with Crippen molar-refractivity contribution < 1.29 is 24.2 Å². The number of carbonyl (C=O) groups is 1. The molecule has 2 N–H and O–H groups in total. The first-order valence-electron chi connectivity index (χ1n) is 10.4. The van der Waals surface area contributed by atoms with Gasteiger partial charge < -0.3 is 14.2 Å². The number of halogens is 1. The summed E-state index contributed by atoms with van der Waals surface area (Å²) in [5.74, 6) is -0.0242. The number of rotatable bonds is 9. The third-order valence-electron chi connectivity index (χ3n) is 5.28. The van der Waals surface area contributed by atoms with Crippen LogP contribution in [-0.2, 0) is 4.74 Å². The highest BCUT2D eigenvalue weighted by Gasteiger charge is 2.27. The van der Waals surface area contributed by atoms with Crippen molar-refractivity contribution in [1.29, 1.82) is 0 Å². The molecule has 0 saturated heterocycles. The average Bonchev–Trinajstić information content (AvgIpc) is 2.84. The second-order valence-corrected chi connectivity index (χ2v) is 8.08. The van der Waals surface area contributed by atoms with Gasteiger partial charge in [0.15, 0.2) is 0 Å². The van der Waals surface area contributed by atoms with E-state index in [1.54, 1.807) is 30.3 Å². The molecule has 0 aliphatic carbocycles. The maximum atomic E-state index is 13.0. The number of nitrogens with zero attached hydrogens (tertiary/aromatic N) is 1. The summed E-state index contributed by atoms with van der Waals surface area (Å²) < 4.78 is 17.2. The van der Waals surface area contributed by atoms with Crippen LogP contribution < -0.4 is 15.0 Å². The molecule has 8 nitrogen and oxygen atoms in total. The largest absolute Gasteiger partial charge is 0.496 e. The van der Waals surface area contributed by atoms with Gasteiger partial charge in [0, 0.05) is 12.0 Å². The molecule has 1 atom stereocenters. The molecule has 9 heteroatoms. The van der Waals surface area contributed by atoms with E-state index in [0.717, 1.165) is 5.57 Å². The molecule has 0 aromatic heterocycles. The Labute approximate surface area is 202 Å². The lowest BCUT2D eigenvalue weighted by atomic mass is 9.96. The monoisotopic (exact) mass is 484 g/mol. The van der Waals surface area contributed by atoms with Crippen LogP contribution in [0.15, 0.2) is 59.3 Å². The van der Waals surface area contributed by atoms with Gasteiger partial charge in [0.1, 0.15) is 23.3 Å². The quantitative estimate of drug-likeness (QED) is 0.146. The summed E-state index contributed by atoms with van der Waals surface area (Å²) in [5.41, 5.74) is 4.18. The lowest BCUT2D eigenvalue weighted by Gasteiger charge is -2.23. The number of nitrogens with one attached hydrogen (secondary N) is 1. The van der Waals surface area contributed by atoms with Crippen molar-refractivity contribution in [1.82, 2.24) is 0 Å². The molecule has 3 aromatic rings. The summed E-state index contributed by atoms with van der Waals surface area (Å²) in [7, 11) is 2.89. The number of fused-ring (bicyclic) bond motifs is 1. The molecule has 34 heavy (non-hydrogen) atoms. The number of ether oxygens (including phenoxy) is 3.